The molecule has 0 aliphatic carbocycles. The third kappa shape index (κ3) is 12.4. The zero-order valence-corrected chi connectivity index (χ0v) is 16.3. The van der Waals surface area contributed by atoms with Crippen molar-refractivity contribution in [2.75, 3.05) is 13.2 Å². The standard InChI is InChI=1S/C20H38O4/c1-5-9-11-17(7-3)15-23-19(21)13-14-20(22)24-16-18(8-4)12-10-6-2/h17-18H,5-16H2,1-4H3/t17-,18-/m0/s1. The molecule has 0 amide bonds. The number of hydrogen-bond donors (Lipinski definition) is 0. The lowest BCUT2D eigenvalue weighted by atomic mass is 10.0. The van der Waals surface area contributed by atoms with Gasteiger partial charge in [-0.3, -0.25) is 9.59 Å². The third-order valence-corrected chi connectivity index (χ3v) is 4.58. The first kappa shape index (κ1) is 22.9. The number of rotatable bonds is 15. The zero-order valence-electron chi connectivity index (χ0n) is 16.3. The number of hydrogen-bond acceptors (Lipinski definition) is 4. The predicted octanol–water partition coefficient (Wildman–Crippen LogP) is 5.29. The van der Waals surface area contributed by atoms with Gasteiger partial charge in [-0.2, -0.15) is 0 Å². The van der Waals surface area contributed by atoms with Gasteiger partial charge in [-0.25, -0.2) is 0 Å². The van der Waals surface area contributed by atoms with E-state index in [0.29, 0.717) is 25.0 Å². The summed E-state index contributed by atoms with van der Waals surface area (Å²) in [6.07, 6.45) is 9.12. The maximum absolute atomic E-state index is 11.7. The molecular weight excluding hydrogens is 304 g/mol. The maximum atomic E-state index is 11.7. The predicted molar refractivity (Wildman–Crippen MR) is 97.8 cm³/mol. The fourth-order valence-electron chi connectivity index (χ4n) is 2.57. The van der Waals surface area contributed by atoms with E-state index in [1.165, 1.54) is 12.8 Å². The van der Waals surface area contributed by atoms with E-state index in [-0.39, 0.29) is 24.8 Å². The van der Waals surface area contributed by atoms with Crippen LogP contribution in [0.5, 0.6) is 0 Å². The number of unbranched alkanes of at least 4 members (excludes halogenated alkanes) is 2. The molecule has 0 spiro atoms. The average Bonchev–Trinajstić information content (AvgIpc) is 2.60. The van der Waals surface area contributed by atoms with E-state index in [2.05, 4.69) is 27.7 Å². The van der Waals surface area contributed by atoms with E-state index in [0.717, 1.165) is 38.5 Å². The quantitative estimate of drug-likeness (QED) is 0.380. The third-order valence-electron chi connectivity index (χ3n) is 4.58. The van der Waals surface area contributed by atoms with Crippen molar-refractivity contribution in [3.63, 3.8) is 0 Å². The van der Waals surface area contributed by atoms with E-state index >= 15 is 0 Å². The van der Waals surface area contributed by atoms with Crippen LogP contribution in [0.25, 0.3) is 0 Å². The van der Waals surface area contributed by atoms with E-state index in [1.807, 2.05) is 0 Å². The van der Waals surface area contributed by atoms with Crippen molar-refractivity contribution in [3.8, 4) is 0 Å². The van der Waals surface area contributed by atoms with Gasteiger partial charge in [-0.15, -0.1) is 0 Å². The molecular formula is C20H38O4. The van der Waals surface area contributed by atoms with Crippen LogP contribution >= 0.6 is 0 Å². The Kier molecular flexibility index (Phi) is 14.8. The highest BCUT2D eigenvalue weighted by Gasteiger charge is 2.14. The Labute approximate surface area is 148 Å². The molecule has 0 N–H and O–H groups in total. The highest BCUT2D eigenvalue weighted by Crippen LogP contribution is 2.14. The second kappa shape index (κ2) is 15.5. The first-order chi connectivity index (χ1) is 11.6. The smallest absolute Gasteiger partial charge is 0.306 e. The molecule has 4 nitrogen and oxygen atoms in total. The summed E-state index contributed by atoms with van der Waals surface area (Å²) >= 11 is 0. The molecule has 0 aliphatic heterocycles. The second-order valence-corrected chi connectivity index (χ2v) is 6.70. The Bertz CT molecular complexity index is 296. The van der Waals surface area contributed by atoms with Gasteiger partial charge in [0.15, 0.2) is 0 Å². The Morgan fingerprint density at radius 1 is 0.708 bits per heavy atom. The summed E-state index contributed by atoms with van der Waals surface area (Å²) in [5, 5.41) is 0. The SMILES string of the molecule is CCCC[C@H](CC)COC(=O)CCC(=O)OC[C@@H](CC)CCCC. The van der Waals surface area contributed by atoms with Gasteiger partial charge in [-0.05, 0) is 24.7 Å². The molecule has 0 saturated heterocycles. The minimum absolute atomic E-state index is 0.120. The zero-order chi connectivity index (χ0) is 18.2. The normalized spacial score (nSPS) is 13.3. The summed E-state index contributed by atoms with van der Waals surface area (Å²) in [6.45, 7) is 9.51. The lowest BCUT2D eigenvalue weighted by Crippen LogP contribution is -2.17. The van der Waals surface area contributed by atoms with Crippen molar-refractivity contribution in [2.24, 2.45) is 11.8 Å². The molecule has 24 heavy (non-hydrogen) atoms. The summed E-state index contributed by atoms with van der Waals surface area (Å²) in [4.78, 5) is 23.5. The molecule has 0 aromatic rings. The van der Waals surface area contributed by atoms with E-state index in [9.17, 15) is 9.59 Å². The number of carbonyl (C=O) groups excluding carboxylic acids is 2. The summed E-state index contributed by atoms with van der Waals surface area (Å²) < 4.78 is 10.6. The minimum atomic E-state index is -0.292. The average molecular weight is 343 g/mol. The van der Waals surface area contributed by atoms with Crippen molar-refractivity contribution in [1.82, 2.24) is 0 Å². The van der Waals surface area contributed by atoms with Gasteiger partial charge in [0.1, 0.15) is 0 Å². The Balaban J connectivity index is 3.86. The topological polar surface area (TPSA) is 52.6 Å². The van der Waals surface area contributed by atoms with Gasteiger partial charge >= 0.3 is 11.9 Å². The summed E-state index contributed by atoms with van der Waals surface area (Å²) in [6, 6.07) is 0. The first-order valence-electron chi connectivity index (χ1n) is 9.88. The summed E-state index contributed by atoms with van der Waals surface area (Å²) in [5.41, 5.74) is 0. The molecule has 0 aromatic carbocycles. The number of ether oxygens (including phenoxy) is 2. The largest absolute Gasteiger partial charge is 0.465 e. The Morgan fingerprint density at radius 2 is 1.08 bits per heavy atom. The van der Waals surface area contributed by atoms with E-state index in [4.69, 9.17) is 9.47 Å². The van der Waals surface area contributed by atoms with Gasteiger partial charge in [-0.1, -0.05) is 66.2 Å². The van der Waals surface area contributed by atoms with Crippen LogP contribution < -0.4 is 0 Å². The minimum Gasteiger partial charge on any atom is -0.465 e. The summed E-state index contributed by atoms with van der Waals surface area (Å²) in [5.74, 6) is 0.286. The van der Waals surface area contributed by atoms with E-state index in [1.54, 1.807) is 0 Å². The van der Waals surface area contributed by atoms with Crippen LogP contribution in [0.4, 0.5) is 0 Å². The lowest BCUT2D eigenvalue weighted by Gasteiger charge is -2.15. The van der Waals surface area contributed by atoms with Gasteiger partial charge < -0.3 is 9.47 Å². The number of carbonyl (C=O) groups is 2. The molecule has 0 bridgehead atoms. The molecule has 0 radical (unpaired) electrons. The van der Waals surface area contributed by atoms with Crippen molar-refractivity contribution in [1.29, 1.82) is 0 Å². The van der Waals surface area contributed by atoms with Crippen LogP contribution in [0, 0.1) is 11.8 Å². The first-order valence-corrected chi connectivity index (χ1v) is 9.88. The molecule has 142 valence electrons. The van der Waals surface area contributed by atoms with Gasteiger partial charge in [0, 0.05) is 0 Å². The highest BCUT2D eigenvalue weighted by atomic mass is 16.5. The molecule has 0 saturated carbocycles. The second-order valence-electron chi connectivity index (χ2n) is 6.70. The molecule has 0 rings (SSSR count). The van der Waals surface area contributed by atoms with Crippen molar-refractivity contribution in [3.05, 3.63) is 0 Å². The van der Waals surface area contributed by atoms with Crippen LogP contribution in [-0.4, -0.2) is 25.2 Å². The van der Waals surface area contributed by atoms with Crippen LogP contribution in [0.1, 0.15) is 91.9 Å². The molecule has 2 atom stereocenters. The van der Waals surface area contributed by atoms with Gasteiger partial charge in [0.05, 0.1) is 26.1 Å². The molecule has 0 aliphatic rings. The van der Waals surface area contributed by atoms with Gasteiger partial charge in [0.2, 0.25) is 0 Å². The molecule has 0 aromatic heterocycles. The van der Waals surface area contributed by atoms with Crippen LogP contribution in [-0.2, 0) is 19.1 Å². The Hall–Kier alpha value is -1.06. The molecule has 0 heterocycles. The lowest BCUT2D eigenvalue weighted by molar-refractivity contribution is -0.151. The Morgan fingerprint density at radius 3 is 1.38 bits per heavy atom. The van der Waals surface area contributed by atoms with E-state index < -0.39 is 0 Å². The van der Waals surface area contributed by atoms with Crippen LogP contribution in [0.15, 0.2) is 0 Å². The van der Waals surface area contributed by atoms with Crippen LogP contribution in [0.3, 0.4) is 0 Å². The van der Waals surface area contributed by atoms with Crippen molar-refractivity contribution >= 4 is 11.9 Å². The molecule has 0 fully saturated rings. The van der Waals surface area contributed by atoms with Gasteiger partial charge in [0.25, 0.3) is 0 Å². The monoisotopic (exact) mass is 342 g/mol. The molecule has 4 heteroatoms. The maximum Gasteiger partial charge on any atom is 0.306 e. The van der Waals surface area contributed by atoms with Crippen molar-refractivity contribution in [2.45, 2.75) is 91.9 Å². The highest BCUT2D eigenvalue weighted by molar-refractivity contribution is 5.77. The van der Waals surface area contributed by atoms with Crippen molar-refractivity contribution < 1.29 is 19.1 Å². The molecule has 0 unspecified atom stereocenters. The van der Waals surface area contributed by atoms with Crippen LogP contribution in [0.2, 0.25) is 0 Å². The summed E-state index contributed by atoms with van der Waals surface area (Å²) in [7, 11) is 0. The fraction of sp³-hybridized carbons (Fsp3) is 0.900. The fourth-order valence-corrected chi connectivity index (χ4v) is 2.57. The number of esters is 2.